The molecule has 134 valence electrons. The molecule has 0 saturated heterocycles. The Kier molecular flexibility index (Phi) is 4.58. The first kappa shape index (κ1) is 17.3. The lowest BCUT2D eigenvalue weighted by molar-refractivity contribution is -0.115. The van der Waals surface area contributed by atoms with Crippen molar-refractivity contribution in [3.63, 3.8) is 0 Å². The maximum absolute atomic E-state index is 13.4. The minimum atomic E-state index is -0.428. The summed E-state index contributed by atoms with van der Waals surface area (Å²) in [5.74, 6) is 0.297. The maximum atomic E-state index is 13.4. The number of aryl methyl sites for hydroxylation is 1. The molecule has 0 aliphatic heterocycles. The zero-order valence-electron chi connectivity index (χ0n) is 14.4. The number of thiophene rings is 1. The number of primary amides is 1. The Morgan fingerprint density at radius 3 is 2.88 bits per heavy atom. The van der Waals surface area contributed by atoms with Crippen molar-refractivity contribution in [1.82, 2.24) is 9.55 Å². The molecule has 7 heteroatoms. The van der Waals surface area contributed by atoms with Gasteiger partial charge in [-0.2, -0.15) is 0 Å². The van der Waals surface area contributed by atoms with Crippen molar-refractivity contribution >= 4 is 39.2 Å². The molecule has 2 N–H and O–H groups in total. The maximum Gasteiger partial charge on any atom is 0.267 e. The molecule has 2 heterocycles. The second kappa shape index (κ2) is 6.89. The summed E-state index contributed by atoms with van der Waals surface area (Å²) in [4.78, 5) is 31.5. The van der Waals surface area contributed by atoms with E-state index in [0.29, 0.717) is 11.1 Å². The van der Waals surface area contributed by atoms with Gasteiger partial charge < -0.3 is 5.73 Å². The van der Waals surface area contributed by atoms with E-state index >= 15 is 0 Å². The van der Waals surface area contributed by atoms with Crippen molar-refractivity contribution in [2.45, 2.75) is 31.3 Å². The highest BCUT2D eigenvalue weighted by Crippen LogP contribution is 2.36. The molecule has 5 nitrogen and oxygen atoms in total. The lowest BCUT2D eigenvalue weighted by Gasteiger charge is -2.17. The van der Waals surface area contributed by atoms with Crippen molar-refractivity contribution in [3.8, 4) is 5.69 Å². The average molecular weight is 386 g/mol. The van der Waals surface area contributed by atoms with E-state index in [9.17, 15) is 9.59 Å². The quantitative estimate of drug-likeness (QED) is 0.553. The van der Waals surface area contributed by atoms with Gasteiger partial charge in [-0.15, -0.1) is 11.3 Å². The summed E-state index contributed by atoms with van der Waals surface area (Å²) in [5, 5.41) is 1.25. The van der Waals surface area contributed by atoms with E-state index in [-0.39, 0.29) is 11.3 Å². The Hall–Kier alpha value is -2.12. The molecule has 1 unspecified atom stereocenters. The molecule has 0 saturated carbocycles. The zero-order valence-corrected chi connectivity index (χ0v) is 16.0. The number of hydrogen-bond donors (Lipinski definition) is 1. The third kappa shape index (κ3) is 3.05. The second-order valence-corrected chi connectivity index (χ2v) is 8.68. The van der Waals surface area contributed by atoms with E-state index in [1.165, 1.54) is 16.6 Å². The minimum Gasteiger partial charge on any atom is -0.369 e. The Morgan fingerprint density at radius 2 is 2.15 bits per heavy atom. The molecular weight excluding hydrogens is 366 g/mol. The fourth-order valence-electron chi connectivity index (χ4n) is 3.41. The van der Waals surface area contributed by atoms with Crippen LogP contribution in [-0.4, -0.2) is 21.2 Å². The number of aromatic nitrogens is 2. The van der Waals surface area contributed by atoms with E-state index in [1.807, 2.05) is 30.3 Å². The van der Waals surface area contributed by atoms with Crippen LogP contribution in [0.5, 0.6) is 0 Å². The van der Waals surface area contributed by atoms with E-state index in [1.54, 1.807) is 15.9 Å². The highest BCUT2D eigenvalue weighted by Gasteiger charge is 2.25. The Bertz CT molecular complexity index is 1040. The number of para-hydroxylation sites is 1. The molecule has 0 spiro atoms. The van der Waals surface area contributed by atoms with E-state index < -0.39 is 5.91 Å². The van der Waals surface area contributed by atoms with E-state index in [2.05, 4.69) is 6.92 Å². The predicted octanol–water partition coefficient (Wildman–Crippen LogP) is 3.15. The van der Waals surface area contributed by atoms with Crippen LogP contribution in [0.1, 0.15) is 23.8 Å². The molecule has 1 aliphatic rings. The zero-order chi connectivity index (χ0) is 18.3. The molecule has 1 amide bonds. The van der Waals surface area contributed by atoms with Gasteiger partial charge in [-0.25, -0.2) is 4.98 Å². The number of nitrogens with two attached hydrogens (primary N) is 1. The van der Waals surface area contributed by atoms with Crippen LogP contribution >= 0.6 is 23.1 Å². The molecule has 0 bridgehead atoms. The van der Waals surface area contributed by atoms with Crippen molar-refractivity contribution in [2.75, 3.05) is 5.75 Å². The molecular formula is C19H19N3O2S2. The van der Waals surface area contributed by atoms with Gasteiger partial charge >= 0.3 is 0 Å². The molecule has 2 aromatic heterocycles. The van der Waals surface area contributed by atoms with E-state index in [0.717, 1.165) is 40.7 Å². The number of fused-ring (bicyclic) bond motifs is 3. The van der Waals surface area contributed by atoms with Crippen molar-refractivity contribution < 1.29 is 4.79 Å². The number of hydrogen-bond acceptors (Lipinski definition) is 5. The standard InChI is InChI=1S/C19H19N3O2S2/c1-11-7-8-13-14(9-11)26-17-16(13)18(24)22(12-5-3-2-4-6-12)19(21-17)25-10-15(20)23/h2-6,11H,7-10H2,1H3,(H2,20,23). The van der Waals surface area contributed by atoms with E-state index in [4.69, 9.17) is 10.7 Å². The van der Waals surface area contributed by atoms with Gasteiger partial charge in [0.1, 0.15) is 4.83 Å². The van der Waals surface area contributed by atoms with Gasteiger partial charge in [0.25, 0.3) is 5.56 Å². The molecule has 0 fully saturated rings. The number of rotatable bonds is 4. The van der Waals surface area contributed by atoms with Crippen LogP contribution < -0.4 is 11.3 Å². The summed E-state index contributed by atoms with van der Waals surface area (Å²) in [6, 6.07) is 9.44. The van der Waals surface area contributed by atoms with Crippen LogP contribution in [0.2, 0.25) is 0 Å². The number of carbonyl (C=O) groups is 1. The predicted molar refractivity (Wildman–Crippen MR) is 106 cm³/mol. The van der Waals surface area contributed by atoms with Crippen LogP contribution in [0.25, 0.3) is 15.9 Å². The number of nitrogens with zero attached hydrogens (tertiary/aromatic N) is 2. The smallest absolute Gasteiger partial charge is 0.267 e. The van der Waals surface area contributed by atoms with Crippen molar-refractivity contribution in [2.24, 2.45) is 11.7 Å². The largest absolute Gasteiger partial charge is 0.369 e. The fraction of sp³-hybridized carbons (Fsp3) is 0.316. The number of benzene rings is 1. The molecule has 0 radical (unpaired) electrons. The van der Waals surface area contributed by atoms with Gasteiger partial charge in [0, 0.05) is 4.88 Å². The lowest BCUT2D eigenvalue weighted by atomic mass is 9.89. The van der Waals surface area contributed by atoms with Gasteiger partial charge in [0.05, 0.1) is 16.8 Å². The summed E-state index contributed by atoms with van der Waals surface area (Å²) < 4.78 is 1.61. The van der Waals surface area contributed by atoms with Crippen molar-refractivity contribution in [3.05, 3.63) is 51.1 Å². The highest BCUT2D eigenvalue weighted by molar-refractivity contribution is 7.99. The monoisotopic (exact) mass is 385 g/mol. The van der Waals surface area contributed by atoms with Crippen LogP contribution in [0.15, 0.2) is 40.3 Å². The average Bonchev–Trinajstić information content (AvgIpc) is 2.98. The first-order valence-electron chi connectivity index (χ1n) is 8.58. The molecule has 4 rings (SSSR count). The number of carbonyl (C=O) groups excluding carboxylic acids is 1. The Balaban J connectivity index is 1.96. The third-order valence-corrected chi connectivity index (χ3v) is 6.77. The SMILES string of the molecule is CC1CCc2c(sc3nc(SCC(N)=O)n(-c4ccccc4)c(=O)c23)C1. The summed E-state index contributed by atoms with van der Waals surface area (Å²) in [7, 11) is 0. The molecule has 26 heavy (non-hydrogen) atoms. The molecule has 1 aromatic carbocycles. The normalized spacial score (nSPS) is 16.6. The summed E-state index contributed by atoms with van der Waals surface area (Å²) in [6.07, 6.45) is 3.03. The fourth-order valence-corrected chi connectivity index (χ4v) is 5.58. The van der Waals surface area contributed by atoms with Crippen LogP contribution in [0, 0.1) is 5.92 Å². The third-order valence-electron chi connectivity index (χ3n) is 4.66. The lowest BCUT2D eigenvalue weighted by Crippen LogP contribution is -2.23. The molecule has 1 atom stereocenters. The number of amides is 1. The topological polar surface area (TPSA) is 78.0 Å². The van der Waals surface area contributed by atoms with Gasteiger partial charge in [0.15, 0.2) is 5.16 Å². The summed E-state index contributed by atoms with van der Waals surface area (Å²) >= 11 is 2.83. The number of thioether (sulfide) groups is 1. The second-order valence-electron chi connectivity index (χ2n) is 6.66. The van der Waals surface area contributed by atoms with Crippen LogP contribution in [-0.2, 0) is 17.6 Å². The summed E-state index contributed by atoms with van der Waals surface area (Å²) in [6.45, 7) is 2.25. The van der Waals surface area contributed by atoms with Gasteiger partial charge in [-0.05, 0) is 42.9 Å². The Morgan fingerprint density at radius 1 is 1.38 bits per heavy atom. The van der Waals surface area contributed by atoms with Gasteiger partial charge in [-0.3, -0.25) is 14.2 Å². The van der Waals surface area contributed by atoms with Gasteiger partial charge in [-0.1, -0.05) is 36.9 Å². The first-order chi connectivity index (χ1) is 12.5. The Labute approximate surface area is 159 Å². The minimum absolute atomic E-state index is 0.0553. The molecule has 1 aliphatic carbocycles. The van der Waals surface area contributed by atoms with Crippen LogP contribution in [0.4, 0.5) is 0 Å². The first-order valence-corrected chi connectivity index (χ1v) is 10.4. The summed E-state index contributed by atoms with van der Waals surface area (Å²) in [5.41, 5.74) is 7.16. The highest BCUT2D eigenvalue weighted by atomic mass is 32.2. The van der Waals surface area contributed by atoms with Gasteiger partial charge in [0.2, 0.25) is 5.91 Å². The van der Waals surface area contributed by atoms with Crippen LogP contribution in [0.3, 0.4) is 0 Å². The van der Waals surface area contributed by atoms with Crippen molar-refractivity contribution in [1.29, 1.82) is 0 Å². The molecule has 3 aromatic rings.